The fraction of sp³-hybridized carbons (Fsp3) is 0.467. The quantitative estimate of drug-likeness (QED) is 0.862. The van der Waals surface area contributed by atoms with Crippen molar-refractivity contribution in [2.45, 2.75) is 32.2 Å². The summed E-state index contributed by atoms with van der Waals surface area (Å²) in [5.74, 6) is 0.349. The van der Waals surface area contributed by atoms with Crippen molar-refractivity contribution in [3.8, 4) is 5.75 Å². The van der Waals surface area contributed by atoms with E-state index in [9.17, 15) is 5.11 Å². The van der Waals surface area contributed by atoms with Crippen molar-refractivity contribution in [1.29, 1.82) is 0 Å². The second-order valence-corrected chi connectivity index (χ2v) is 5.28. The van der Waals surface area contributed by atoms with E-state index in [0.717, 1.165) is 12.6 Å². The van der Waals surface area contributed by atoms with Crippen LogP contribution < -0.4 is 0 Å². The number of phenolic OH excluding ortho intramolecular Hbond substituents is 1. The van der Waals surface area contributed by atoms with Crippen molar-refractivity contribution in [3.05, 3.63) is 35.4 Å². The van der Waals surface area contributed by atoms with E-state index >= 15 is 0 Å². The van der Waals surface area contributed by atoms with Gasteiger partial charge in [0.05, 0.1) is 0 Å². The Kier molecular flexibility index (Phi) is 5.59. The molecule has 0 saturated carbocycles. The monoisotopic (exact) mass is 327 g/mol. The molecule has 1 aromatic rings. The summed E-state index contributed by atoms with van der Waals surface area (Å²) in [6.07, 6.45) is 3.93. The second kappa shape index (κ2) is 6.55. The van der Waals surface area contributed by atoms with Crippen molar-refractivity contribution >= 4 is 22.6 Å². The summed E-state index contributed by atoms with van der Waals surface area (Å²) in [5.41, 5.74) is 4.26. The molecule has 2 heterocycles. The van der Waals surface area contributed by atoms with Crippen LogP contribution in [0.5, 0.6) is 5.75 Å². The Balaban J connectivity index is 0.000000902. The summed E-state index contributed by atoms with van der Waals surface area (Å²) >= 11 is 0. The van der Waals surface area contributed by atoms with E-state index in [2.05, 4.69) is 11.8 Å². The first-order chi connectivity index (χ1) is 8.24. The van der Waals surface area contributed by atoms with Crippen LogP contribution in [0.4, 0.5) is 0 Å². The van der Waals surface area contributed by atoms with E-state index in [1.807, 2.05) is 12.1 Å². The third-order valence-electron chi connectivity index (χ3n) is 4.13. The van der Waals surface area contributed by atoms with Crippen LogP contribution in [0.3, 0.4) is 0 Å². The van der Waals surface area contributed by atoms with Crippen LogP contribution in [-0.2, 0) is 0 Å². The highest BCUT2D eigenvalue weighted by molar-refractivity contribution is 8.93. The van der Waals surface area contributed by atoms with Gasteiger partial charge in [0.25, 0.3) is 0 Å². The number of aromatic hydroxyl groups is 1. The van der Waals surface area contributed by atoms with E-state index in [1.54, 1.807) is 12.1 Å². The lowest BCUT2D eigenvalue weighted by atomic mass is 9.91. The van der Waals surface area contributed by atoms with Crippen LogP contribution in [0, 0.1) is 0 Å². The molecule has 2 aliphatic heterocycles. The Morgan fingerprint density at radius 3 is 2.58 bits per heavy atom. The molecule has 0 bridgehead atoms. The second-order valence-electron chi connectivity index (χ2n) is 5.28. The van der Waals surface area contributed by atoms with Crippen LogP contribution in [0.2, 0.25) is 0 Å². The van der Waals surface area contributed by atoms with Gasteiger partial charge in [-0.05, 0) is 56.0 Å². The third kappa shape index (κ3) is 3.19. The maximum atomic E-state index is 9.34. The lowest BCUT2D eigenvalue weighted by molar-refractivity contribution is 0.271. The van der Waals surface area contributed by atoms with Gasteiger partial charge in [0.2, 0.25) is 0 Å². The predicted molar refractivity (Wildman–Crippen MR) is 83.8 cm³/mol. The minimum absolute atomic E-state index is 0. The fourth-order valence-electron chi connectivity index (χ4n) is 3.15. The molecule has 1 unspecified atom stereocenters. The number of rotatable bonds is 1. The average molecular weight is 328 g/mol. The van der Waals surface area contributed by atoms with E-state index in [1.165, 1.54) is 42.5 Å². The van der Waals surface area contributed by atoms with E-state index in [-0.39, 0.29) is 22.5 Å². The Morgan fingerprint density at radius 1 is 1.21 bits per heavy atom. The van der Waals surface area contributed by atoms with Gasteiger partial charge in [-0.25, -0.2) is 0 Å². The first-order valence-electron chi connectivity index (χ1n) is 6.46. The zero-order valence-corrected chi connectivity index (χ0v) is 12.9. The van der Waals surface area contributed by atoms with Gasteiger partial charge in [-0.2, -0.15) is 0 Å². The minimum atomic E-state index is 0. The Hall–Kier alpha value is -0.840. The van der Waals surface area contributed by atoms with Crippen LogP contribution in [0.15, 0.2) is 29.8 Å². The van der Waals surface area contributed by atoms with Crippen molar-refractivity contribution in [2.24, 2.45) is 0 Å². The highest BCUT2D eigenvalue weighted by Gasteiger charge is 2.30. The summed E-state index contributed by atoms with van der Waals surface area (Å²) in [5, 5.41) is 9.34. The molecule has 0 amide bonds. The van der Waals surface area contributed by atoms with E-state index < -0.39 is 0 Å². The Labute approximate surface area is 125 Å². The molecule has 0 spiro atoms. The standard InChI is InChI=1S/C15H19NO.BrH.H2O/c1-11-9-13-3-2-8-16(13)10-15(11)12-4-6-14(17)7-5-12;;/h4-7,13,17H,2-3,8-10H2,1H3;1H;1H2. The summed E-state index contributed by atoms with van der Waals surface area (Å²) in [7, 11) is 0. The van der Waals surface area contributed by atoms with Crippen molar-refractivity contribution < 1.29 is 10.6 Å². The number of hydrogen-bond acceptors (Lipinski definition) is 2. The summed E-state index contributed by atoms with van der Waals surface area (Å²) in [6, 6.07) is 8.42. The van der Waals surface area contributed by atoms with Gasteiger partial charge in [0.1, 0.15) is 5.75 Å². The van der Waals surface area contributed by atoms with Crippen molar-refractivity contribution in [1.82, 2.24) is 4.90 Å². The molecule has 0 radical (unpaired) electrons. The zero-order chi connectivity index (χ0) is 11.8. The van der Waals surface area contributed by atoms with Crippen molar-refractivity contribution in [3.63, 3.8) is 0 Å². The Bertz CT molecular complexity index is 456. The van der Waals surface area contributed by atoms with Crippen molar-refractivity contribution in [2.75, 3.05) is 13.1 Å². The van der Waals surface area contributed by atoms with Gasteiger partial charge in [0, 0.05) is 12.6 Å². The molecule has 1 saturated heterocycles. The smallest absolute Gasteiger partial charge is 0.115 e. The first kappa shape index (κ1) is 16.2. The van der Waals surface area contributed by atoms with Gasteiger partial charge < -0.3 is 10.6 Å². The molecule has 3 rings (SSSR count). The van der Waals surface area contributed by atoms with Crippen LogP contribution in [0.1, 0.15) is 31.7 Å². The van der Waals surface area contributed by atoms with Crippen LogP contribution in [-0.4, -0.2) is 34.6 Å². The first-order valence-corrected chi connectivity index (χ1v) is 6.46. The van der Waals surface area contributed by atoms with Gasteiger partial charge in [-0.1, -0.05) is 17.7 Å². The van der Waals surface area contributed by atoms with E-state index in [4.69, 9.17) is 0 Å². The van der Waals surface area contributed by atoms with Gasteiger partial charge in [-0.15, -0.1) is 17.0 Å². The molecular weight excluding hydrogens is 306 g/mol. The molecule has 106 valence electrons. The fourth-order valence-corrected chi connectivity index (χ4v) is 3.15. The maximum absolute atomic E-state index is 9.34. The lowest BCUT2D eigenvalue weighted by Gasteiger charge is -2.32. The molecule has 1 aromatic carbocycles. The van der Waals surface area contributed by atoms with Crippen LogP contribution in [0.25, 0.3) is 5.57 Å². The lowest BCUT2D eigenvalue weighted by Crippen LogP contribution is -2.34. The summed E-state index contributed by atoms with van der Waals surface area (Å²) < 4.78 is 0. The van der Waals surface area contributed by atoms with Gasteiger partial charge >= 0.3 is 0 Å². The SMILES string of the molecule is Br.CC1=C(c2ccc(O)cc2)CN2CCCC2C1.O. The summed E-state index contributed by atoms with van der Waals surface area (Å²) in [6.45, 7) is 4.60. The third-order valence-corrected chi connectivity index (χ3v) is 4.13. The normalized spacial score (nSPS) is 22.5. The molecule has 19 heavy (non-hydrogen) atoms. The number of hydrogen-bond donors (Lipinski definition) is 1. The van der Waals surface area contributed by atoms with Crippen LogP contribution >= 0.6 is 17.0 Å². The topological polar surface area (TPSA) is 55.0 Å². The molecule has 1 atom stereocenters. The molecular formula is C15H22BrNO2. The summed E-state index contributed by atoms with van der Waals surface area (Å²) in [4.78, 5) is 2.61. The zero-order valence-electron chi connectivity index (χ0n) is 11.2. The maximum Gasteiger partial charge on any atom is 0.115 e. The van der Waals surface area contributed by atoms with Gasteiger partial charge in [-0.3, -0.25) is 4.90 Å². The molecule has 3 N–H and O–H groups in total. The Morgan fingerprint density at radius 2 is 1.89 bits per heavy atom. The minimum Gasteiger partial charge on any atom is -0.508 e. The number of phenols is 1. The highest BCUT2D eigenvalue weighted by Crippen LogP contribution is 2.34. The number of benzene rings is 1. The number of nitrogens with zero attached hydrogens (tertiary/aromatic N) is 1. The molecule has 0 aliphatic carbocycles. The average Bonchev–Trinajstić information content (AvgIpc) is 2.76. The molecule has 2 aliphatic rings. The molecule has 1 fully saturated rings. The highest BCUT2D eigenvalue weighted by atomic mass is 79.9. The number of fused-ring (bicyclic) bond motifs is 1. The number of halogens is 1. The predicted octanol–water partition coefficient (Wildman–Crippen LogP) is 2.79. The molecule has 3 nitrogen and oxygen atoms in total. The van der Waals surface area contributed by atoms with E-state index in [0.29, 0.717) is 5.75 Å². The molecule has 4 heteroatoms. The van der Waals surface area contributed by atoms with Gasteiger partial charge in [0.15, 0.2) is 0 Å². The largest absolute Gasteiger partial charge is 0.508 e. The molecule has 0 aromatic heterocycles.